The number of rotatable bonds is 5. The molecule has 0 aliphatic carbocycles. The van der Waals surface area contributed by atoms with Gasteiger partial charge in [-0.1, -0.05) is 0 Å². The fourth-order valence-corrected chi connectivity index (χ4v) is 8.17. The summed E-state index contributed by atoms with van der Waals surface area (Å²) in [6.45, 7) is 2.27. The van der Waals surface area contributed by atoms with Crippen molar-refractivity contribution < 1.29 is 0 Å². The average Bonchev–Trinajstić information content (AvgIpc) is 1.78. The van der Waals surface area contributed by atoms with E-state index in [1.807, 2.05) is 0 Å². The normalized spacial score (nSPS) is 12.0. The Morgan fingerprint density at radius 2 is 1.70 bits per heavy atom. The van der Waals surface area contributed by atoms with Gasteiger partial charge in [-0.3, -0.25) is 0 Å². The van der Waals surface area contributed by atoms with Gasteiger partial charge >= 0.3 is 72.7 Å². The van der Waals surface area contributed by atoms with Crippen molar-refractivity contribution in [1.29, 1.82) is 0 Å². The summed E-state index contributed by atoms with van der Waals surface area (Å²) in [5.74, 6) is 1.42. The zero-order valence-electron chi connectivity index (χ0n) is 7.74. The standard InChI is InChI=1S/C5H12S.3CH3.Sn/c1-2-3-4-5-6;;;;/h6H,2-5H2,1H3;3*1H3;/q;;;;+1/p-1. The van der Waals surface area contributed by atoms with Gasteiger partial charge in [0, 0.05) is 0 Å². The number of hydrogen-bond donors (Lipinski definition) is 0. The molecule has 0 spiro atoms. The summed E-state index contributed by atoms with van der Waals surface area (Å²) < 4.78 is 0. The Morgan fingerprint density at radius 3 is 2.10 bits per heavy atom. The second-order valence-electron chi connectivity index (χ2n) is 3.67. The third-order valence-electron chi connectivity index (χ3n) is 1.28. The molecule has 0 radical (unpaired) electrons. The number of hydrogen-bond acceptors (Lipinski definition) is 1. The Bertz CT molecular complexity index is 75.8. The molecule has 0 aromatic rings. The summed E-state index contributed by atoms with van der Waals surface area (Å²) >= 11 is -1.43. The fraction of sp³-hybridized carbons (Fsp3) is 1.00. The molecular formula is C8H20SSn. The van der Waals surface area contributed by atoms with Crippen molar-refractivity contribution in [3.05, 3.63) is 0 Å². The minimum atomic E-state index is -1.43. The van der Waals surface area contributed by atoms with Gasteiger partial charge in [0.1, 0.15) is 0 Å². The molecule has 0 nitrogen and oxygen atoms in total. The van der Waals surface area contributed by atoms with Crippen LogP contribution in [0.15, 0.2) is 0 Å². The van der Waals surface area contributed by atoms with Gasteiger partial charge in [-0.2, -0.15) is 0 Å². The van der Waals surface area contributed by atoms with Gasteiger partial charge in [-0.15, -0.1) is 0 Å². The second-order valence-corrected chi connectivity index (χ2v) is 27.1. The summed E-state index contributed by atoms with van der Waals surface area (Å²) in [5.41, 5.74) is 0. The zero-order valence-corrected chi connectivity index (χ0v) is 11.4. The second kappa shape index (κ2) is 5.76. The van der Waals surface area contributed by atoms with Crippen LogP contribution in [0.1, 0.15) is 26.2 Å². The van der Waals surface area contributed by atoms with Crippen LogP contribution in [0, 0.1) is 0 Å². The predicted molar refractivity (Wildman–Crippen MR) is 55.3 cm³/mol. The van der Waals surface area contributed by atoms with Crippen molar-refractivity contribution in [2.24, 2.45) is 0 Å². The van der Waals surface area contributed by atoms with Crippen molar-refractivity contribution >= 4 is 25.9 Å². The molecule has 0 fully saturated rings. The van der Waals surface area contributed by atoms with E-state index < -0.39 is 17.0 Å². The first-order valence-corrected chi connectivity index (χ1v) is 17.2. The molecule has 62 valence electrons. The van der Waals surface area contributed by atoms with E-state index >= 15 is 0 Å². The van der Waals surface area contributed by atoms with Crippen molar-refractivity contribution in [2.45, 2.75) is 41.0 Å². The predicted octanol–water partition coefficient (Wildman–Crippen LogP) is 3.74. The van der Waals surface area contributed by atoms with Crippen molar-refractivity contribution in [3.8, 4) is 0 Å². The Hall–Kier alpha value is 1.15. The molecule has 0 aliphatic rings. The van der Waals surface area contributed by atoms with E-state index in [1.165, 1.54) is 25.0 Å². The Balaban J connectivity index is 3.04. The molecule has 0 aromatic heterocycles. The molecule has 0 amide bonds. The van der Waals surface area contributed by atoms with E-state index in [9.17, 15) is 0 Å². The van der Waals surface area contributed by atoms with Crippen LogP contribution in [0.4, 0.5) is 0 Å². The van der Waals surface area contributed by atoms with Gasteiger partial charge in [0.15, 0.2) is 0 Å². The van der Waals surface area contributed by atoms with E-state index in [1.54, 1.807) is 0 Å². The zero-order chi connectivity index (χ0) is 8.04. The SMILES string of the molecule is CCCCC[S][Sn]([CH3])([CH3])[CH3]. The molecule has 0 atom stereocenters. The fourth-order valence-electron chi connectivity index (χ4n) is 0.730. The quantitative estimate of drug-likeness (QED) is 0.540. The molecule has 0 aromatic carbocycles. The molecule has 0 N–H and O–H groups in total. The maximum atomic E-state index is 2.49. The van der Waals surface area contributed by atoms with Crippen LogP contribution in [0.3, 0.4) is 0 Å². The summed E-state index contributed by atoms with van der Waals surface area (Å²) in [5, 5.41) is 0. The topological polar surface area (TPSA) is 0 Å². The Labute approximate surface area is 72.5 Å². The van der Waals surface area contributed by atoms with Crippen LogP contribution >= 0.6 is 8.95 Å². The minimum absolute atomic E-state index is 1.36. The van der Waals surface area contributed by atoms with Crippen molar-refractivity contribution in [1.82, 2.24) is 0 Å². The first-order chi connectivity index (χ1) is 4.56. The first kappa shape index (κ1) is 11.1. The summed E-state index contributed by atoms with van der Waals surface area (Å²) in [4.78, 5) is 7.47. The van der Waals surface area contributed by atoms with Gasteiger partial charge in [-0.05, 0) is 0 Å². The van der Waals surface area contributed by atoms with Gasteiger partial charge in [0.2, 0.25) is 0 Å². The molecule has 0 saturated heterocycles. The van der Waals surface area contributed by atoms with Gasteiger partial charge < -0.3 is 0 Å². The van der Waals surface area contributed by atoms with Crippen LogP contribution in [0.25, 0.3) is 0 Å². The van der Waals surface area contributed by atoms with E-state index in [2.05, 4.69) is 30.7 Å². The summed E-state index contributed by atoms with van der Waals surface area (Å²) in [7, 11) is 2.28. The van der Waals surface area contributed by atoms with Crippen LogP contribution < -0.4 is 0 Å². The van der Waals surface area contributed by atoms with E-state index in [4.69, 9.17) is 0 Å². The van der Waals surface area contributed by atoms with E-state index in [-0.39, 0.29) is 0 Å². The van der Waals surface area contributed by atoms with E-state index in [0.717, 1.165) is 0 Å². The molecule has 0 bridgehead atoms. The Kier molecular flexibility index (Phi) is 6.42. The Morgan fingerprint density at radius 1 is 1.10 bits per heavy atom. The maximum absolute atomic E-state index is 2.49. The summed E-state index contributed by atoms with van der Waals surface area (Å²) in [6.07, 6.45) is 4.23. The van der Waals surface area contributed by atoms with Crippen LogP contribution in [0.5, 0.6) is 0 Å². The van der Waals surface area contributed by atoms with Crippen molar-refractivity contribution in [3.63, 3.8) is 0 Å². The molecule has 0 heterocycles. The molecule has 0 unspecified atom stereocenters. The molecule has 0 saturated carbocycles. The third kappa shape index (κ3) is 9.15. The molecular weight excluding hydrogens is 247 g/mol. The molecule has 10 heavy (non-hydrogen) atoms. The monoisotopic (exact) mass is 268 g/mol. The van der Waals surface area contributed by atoms with Crippen LogP contribution in [-0.2, 0) is 0 Å². The van der Waals surface area contributed by atoms with Gasteiger partial charge in [0.25, 0.3) is 0 Å². The molecule has 2 heteroatoms. The summed E-state index contributed by atoms with van der Waals surface area (Å²) in [6, 6.07) is 0. The van der Waals surface area contributed by atoms with Gasteiger partial charge in [-0.25, -0.2) is 0 Å². The molecule has 0 aliphatic heterocycles. The van der Waals surface area contributed by atoms with Crippen LogP contribution in [-0.4, -0.2) is 22.7 Å². The van der Waals surface area contributed by atoms with Crippen molar-refractivity contribution in [2.75, 3.05) is 5.75 Å². The average molecular weight is 267 g/mol. The van der Waals surface area contributed by atoms with Crippen LogP contribution in [0.2, 0.25) is 14.8 Å². The van der Waals surface area contributed by atoms with Gasteiger partial charge in [0.05, 0.1) is 0 Å². The van der Waals surface area contributed by atoms with E-state index in [0.29, 0.717) is 0 Å². The molecule has 0 rings (SSSR count). The third-order valence-corrected chi connectivity index (χ3v) is 11.8. The first-order valence-electron chi connectivity index (χ1n) is 4.20. The number of unbranched alkanes of at least 4 members (excludes halogenated alkanes) is 2.